The van der Waals surface area contributed by atoms with E-state index in [1.807, 2.05) is 19.1 Å². The van der Waals surface area contributed by atoms with E-state index in [0.29, 0.717) is 17.9 Å². The van der Waals surface area contributed by atoms with E-state index >= 15 is 0 Å². The number of hydrogen-bond acceptors (Lipinski definition) is 5. The molecule has 24 heavy (non-hydrogen) atoms. The Kier molecular flexibility index (Phi) is 3.54. The van der Waals surface area contributed by atoms with Gasteiger partial charge in [-0.2, -0.15) is 0 Å². The van der Waals surface area contributed by atoms with Crippen LogP contribution >= 0.6 is 22.7 Å². The molecule has 4 nitrogen and oxygen atoms in total. The lowest BCUT2D eigenvalue weighted by atomic mass is 9.65. The summed E-state index contributed by atoms with van der Waals surface area (Å²) >= 11 is 3.21. The topological polar surface area (TPSA) is 45.2 Å². The van der Waals surface area contributed by atoms with E-state index in [1.165, 1.54) is 32.5 Å². The van der Waals surface area contributed by atoms with Gasteiger partial charge in [-0.15, -0.1) is 22.7 Å². The number of aryl methyl sites for hydroxylation is 1. The Morgan fingerprint density at radius 1 is 1.25 bits per heavy atom. The van der Waals surface area contributed by atoms with Gasteiger partial charge in [0.25, 0.3) is 5.91 Å². The van der Waals surface area contributed by atoms with Crippen molar-refractivity contribution in [2.75, 3.05) is 19.6 Å². The highest BCUT2D eigenvalue weighted by Crippen LogP contribution is 2.43. The third kappa shape index (κ3) is 2.52. The summed E-state index contributed by atoms with van der Waals surface area (Å²) in [6.07, 6.45) is 2.59. The van der Waals surface area contributed by atoms with Gasteiger partial charge in [-0.05, 0) is 49.7 Å². The van der Waals surface area contributed by atoms with Gasteiger partial charge in [-0.3, -0.25) is 4.79 Å². The highest BCUT2D eigenvalue weighted by molar-refractivity contribution is 7.17. The number of hydrogen-bond donors (Lipinski definition) is 1. The third-order valence-electron chi connectivity index (χ3n) is 5.79. The molecule has 4 aliphatic rings. The molecule has 4 bridgehead atoms. The van der Waals surface area contributed by atoms with E-state index in [1.54, 1.807) is 22.7 Å². The highest BCUT2D eigenvalue weighted by atomic mass is 32.1. The monoisotopic (exact) mass is 359 g/mol. The number of aromatic nitrogens is 1. The van der Waals surface area contributed by atoms with E-state index < -0.39 is 0 Å². The lowest BCUT2D eigenvalue weighted by Gasteiger charge is -2.55. The Morgan fingerprint density at radius 3 is 2.71 bits per heavy atom. The van der Waals surface area contributed by atoms with Crippen LogP contribution in [0.15, 0.2) is 17.5 Å². The molecule has 126 valence electrons. The maximum atomic E-state index is 12.8. The fourth-order valence-electron chi connectivity index (χ4n) is 4.94. The Bertz CT molecular complexity index is 753. The van der Waals surface area contributed by atoms with Gasteiger partial charge in [0.2, 0.25) is 0 Å². The molecule has 6 heteroatoms. The molecular formula is C18H21N3OS2. The number of thiophene rings is 1. The molecule has 6 rings (SSSR count). The van der Waals surface area contributed by atoms with Crippen LogP contribution in [0.4, 0.5) is 0 Å². The van der Waals surface area contributed by atoms with Gasteiger partial charge >= 0.3 is 0 Å². The van der Waals surface area contributed by atoms with Crippen LogP contribution in [0.25, 0.3) is 10.6 Å². The Labute approximate surface area is 149 Å². The summed E-state index contributed by atoms with van der Waals surface area (Å²) in [5, 5.41) is 6.50. The van der Waals surface area contributed by atoms with Gasteiger partial charge in [0.1, 0.15) is 0 Å². The summed E-state index contributed by atoms with van der Waals surface area (Å²) < 4.78 is 0. The number of thiazole rings is 1. The van der Waals surface area contributed by atoms with Crippen LogP contribution in [0.3, 0.4) is 0 Å². The van der Waals surface area contributed by atoms with Crippen molar-refractivity contribution >= 4 is 28.6 Å². The van der Waals surface area contributed by atoms with Gasteiger partial charge in [0.15, 0.2) is 0 Å². The maximum Gasteiger partial charge on any atom is 0.261 e. The van der Waals surface area contributed by atoms with Crippen molar-refractivity contribution in [2.24, 2.45) is 17.8 Å². The first-order chi connectivity index (χ1) is 11.7. The molecule has 0 aromatic carbocycles. The molecule has 2 aromatic heterocycles. The van der Waals surface area contributed by atoms with Crippen LogP contribution in [0.2, 0.25) is 0 Å². The van der Waals surface area contributed by atoms with Crippen molar-refractivity contribution in [3.63, 3.8) is 0 Å². The summed E-state index contributed by atoms with van der Waals surface area (Å²) in [6.45, 7) is 5.64. The molecule has 2 atom stereocenters. The number of nitrogens with zero attached hydrogens (tertiary/aromatic N) is 2. The fourth-order valence-corrected chi connectivity index (χ4v) is 6.50. The predicted octanol–water partition coefficient (Wildman–Crippen LogP) is 3.25. The fraction of sp³-hybridized carbons (Fsp3) is 0.556. The van der Waals surface area contributed by atoms with Crippen LogP contribution < -0.4 is 5.32 Å². The van der Waals surface area contributed by atoms with Crippen LogP contribution in [-0.4, -0.2) is 41.5 Å². The van der Waals surface area contributed by atoms with Gasteiger partial charge in [0, 0.05) is 31.1 Å². The first-order valence-corrected chi connectivity index (χ1v) is 10.4. The van der Waals surface area contributed by atoms with Gasteiger partial charge in [-0.25, -0.2) is 4.98 Å². The van der Waals surface area contributed by atoms with E-state index in [9.17, 15) is 4.79 Å². The molecule has 0 radical (unpaired) electrons. The molecule has 4 fully saturated rings. The molecule has 0 spiro atoms. The average Bonchev–Trinajstić information content (AvgIpc) is 3.18. The average molecular weight is 360 g/mol. The Morgan fingerprint density at radius 2 is 2.04 bits per heavy atom. The maximum absolute atomic E-state index is 12.8. The van der Waals surface area contributed by atoms with Crippen LogP contribution in [0.5, 0.6) is 0 Å². The molecule has 3 aliphatic heterocycles. The molecule has 1 aliphatic carbocycles. The predicted molar refractivity (Wildman–Crippen MR) is 97.6 cm³/mol. The highest BCUT2D eigenvalue weighted by Gasteiger charge is 2.47. The normalized spacial score (nSPS) is 33.8. The molecule has 1 saturated carbocycles. The zero-order valence-corrected chi connectivity index (χ0v) is 15.3. The minimum absolute atomic E-state index is 0.102. The smallest absolute Gasteiger partial charge is 0.261 e. The zero-order chi connectivity index (χ0) is 16.3. The number of carbonyl (C=O) groups is 1. The van der Waals surface area contributed by atoms with E-state index in [0.717, 1.165) is 26.4 Å². The lowest BCUT2D eigenvalue weighted by molar-refractivity contribution is -0.0418. The van der Waals surface area contributed by atoms with Crippen molar-refractivity contribution in [3.8, 4) is 10.6 Å². The largest absolute Gasteiger partial charge is 0.348 e. The number of piperidine rings is 3. The second-order valence-electron chi connectivity index (χ2n) is 7.49. The summed E-state index contributed by atoms with van der Waals surface area (Å²) in [4.78, 5) is 21.8. The first kappa shape index (κ1) is 15.0. The van der Waals surface area contributed by atoms with E-state index in [-0.39, 0.29) is 5.91 Å². The number of carbonyl (C=O) groups excluding carboxylic acids is 1. The number of nitrogens with one attached hydrogen (secondary N) is 1. The Hall–Kier alpha value is -1.24. The van der Waals surface area contributed by atoms with Gasteiger partial charge in [-0.1, -0.05) is 0 Å². The van der Waals surface area contributed by atoms with E-state index in [4.69, 9.17) is 0 Å². The summed E-state index contributed by atoms with van der Waals surface area (Å²) in [5.74, 6) is 2.28. The molecular weight excluding hydrogens is 338 g/mol. The third-order valence-corrected chi connectivity index (χ3v) is 7.67. The second kappa shape index (κ2) is 5.64. The summed E-state index contributed by atoms with van der Waals surface area (Å²) in [6, 6.07) is 4.35. The molecule has 1 amide bonds. The first-order valence-electron chi connectivity index (χ1n) is 8.71. The van der Waals surface area contributed by atoms with Crippen molar-refractivity contribution in [1.29, 1.82) is 0 Å². The summed E-state index contributed by atoms with van der Waals surface area (Å²) in [7, 11) is 0. The van der Waals surface area contributed by atoms with Gasteiger partial charge in [0.05, 0.1) is 20.5 Å². The SMILES string of the molecule is Cc1nc(-c2ccc(C(=O)NC3[C@@H]4CC5C[C@@H]3CN(C5)C4)s2)cs1. The van der Waals surface area contributed by atoms with Gasteiger partial charge < -0.3 is 10.2 Å². The summed E-state index contributed by atoms with van der Waals surface area (Å²) in [5.41, 5.74) is 0.990. The zero-order valence-electron chi connectivity index (χ0n) is 13.7. The second-order valence-corrected chi connectivity index (χ2v) is 9.64. The minimum atomic E-state index is 0.102. The Balaban J connectivity index is 1.32. The van der Waals surface area contributed by atoms with Crippen molar-refractivity contribution in [2.45, 2.75) is 25.8 Å². The van der Waals surface area contributed by atoms with E-state index in [2.05, 4.69) is 20.6 Å². The van der Waals surface area contributed by atoms with Crippen LogP contribution in [-0.2, 0) is 0 Å². The molecule has 3 saturated heterocycles. The molecule has 5 heterocycles. The molecule has 1 N–H and O–H groups in total. The molecule has 2 aromatic rings. The number of amides is 1. The molecule has 0 unspecified atom stereocenters. The van der Waals surface area contributed by atoms with Crippen molar-refractivity contribution in [3.05, 3.63) is 27.4 Å². The van der Waals surface area contributed by atoms with Crippen molar-refractivity contribution < 1.29 is 4.79 Å². The minimum Gasteiger partial charge on any atom is -0.348 e. The quantitative estimate of drug-likeness (QED) is 0.915. The number of rotatable bonds is 3. The lowest BCUT2D eigenvalue weighted by Crippen LogP contribution is -2.64. The van der Waals surface area contributed by atoms with Crippen molar-refractivity contribution in [1.82, 2.24) is 15.2 Å². The van der Waals surface area contributed by atoms with Crippen LogP contribution in [0.1, 0.15) is 27.5 Å². The van der Waals surface area contributed by atoms with Crippen LogP contribution in [0, 0.1) is 24.7 Å². The standard InChI is InChI=1S/C18H21N3OS2/c1-10-19-14(9-23-10)15-2-3-16(24-15)18(22)20-17-12-4-11-5-13(17)8-21(6-11)7-12/h2-3,9,11-13,17H,4-8H2,1H3,(H,20,22)/t11?,12-,13-,17?/m1/s1.